The molecule has 4 radical (unpaired) electrons. The Morgan fingerprint density at radius 1 is 0.231 bits per heavy atom. The van der Waals surface area contributed by atoms with Gasteiger partial charge < -0.3 is 0 Å². The summed E-state index contributed by atoms with van der Waals surface area (Å²) in [5.74, 6) is 5.09. The Bertz CT molecular complexity index is 1730. The third-order valence-electron chi connectivity index (χ3n) is 13.8. The first kappa shape index (κ1) is 57.4. The molecule has 0 amide bonds. The summed E-state index contributed by atoms with van der Waals surface area (Å²) in [7, 11) is -3.22. The summed E-state index contributed by atoms with van der Waals surface area (Å²) >= 11 is 0.230. The van der Waals surface area contributed by atoms with Gasteiger partial charge in [0.15, 0.2) is 0 Å². The fourth-order valence-electron chi connectivity index (χ4n) is 9.73. The van der Waals surface area contributed by atoms with Crippen LogP contribution in [0.25, 0.3) is 0 Å². The van der Waals surface area contributed by atoms with E-state index in [2.05, 4.69) is 225 Å². The average Bonchev–Trinajstić information content (AvgIpc) is 3.20. The van der Waals surface area contributed by atoms with Gasteiger partial charge in [-0.3, -0.25) is 0 Å². The van der Waals surface area contributed by atoms with Crippen LogP contribution in [0, 0.1) is 0 Å². The molecule has 0 unspecified atom stereocenters. The first-order valence-corrected chi connectivity index (χ1v) is 35.9. The summed E-state index contributed by atoms with van der Waals surface area (Å²) in [5, 5.41) is 6.98. The van der Waals surface area contributed by atoms with Gasteiger partial charge in [0.1, 0.15) is 16.6 Å². The molecular weight excluding hydrogens is 920 g/mol. The fourth-order valence-corrected chi connectivity index (χ4v) is 22.9. The molecule has 0 aliphatic heterocycles. The van der Waals surface area contributed by atoms with Crippen LogP contribution >= 0.6 is 0 Å². The second-order valence-electron chi connectivity index (χ2n) is 23.4. The van der Waals surface area contributed by atoms with Crippen molar-refractivity contribution in [3.05, 3.63) is 115 Å². The Balaban J connectivity index is 0.00000363. The van der Waals surface area contributed by atoms with Gasteiger partial charge in [-0.15, -0.1) is 0 Å². The third-order valence-corrected chi connectivity index (χ3v) is 23.1. The maximum atomic E-state index is 2.69. The first-order valence-electron chi connectivity index (χ1n) is 26.2. The van der Waals surface area contributed by atoms with Gasteiger partial charge in [-0.1, -0.05) is 235 Å². The molecule has 0 bridgehead atoms. The molecule has 0 spiro atoms. The van der Waals surface area contributed by atoms with E-state index in [-0.39, 0.29) is 21.1 Å². The Morgan fingerprint density at radius 2 is 0.338 bits per heavy atom. The molecule has 0 nitrogen and oxygen atoms in total. The van der Waals surface area contributed by atoms with Gasteiger partial charge >= 0.3 is 31.0 Å². The SMILES string of the molecule is CC(C)c1cc(C(C)C)c([Si](c2c(C(C)C)cc(C(C)C)cc2C(C)C)[Si](c2c(C(C)C)cc(C(C)C)cc2C(C)C)c2c(C(C)C)cc(C(C)C)cc2C(C)C)c(C(C)C)c1.[CH3][Sn][CH3]. The Kier molecular flexibility index (Phi) is 21.7. The topological polar surface area (TPSA) is 0 Å². The van der Waals surface area contributed by atoms with Crippen LogP contribution in [0.1, 0.15) is 304 Å². The molecule has 4 rings (SSSR count). The molecule has 4 aromatic carbocycles. The monoisotopic (exact) mass is 1020 g/mol. The molecule has 0 saturated carbocycles. The summed E-state index contributed by atoms with van der Waals surface area (Å²) < 4.78 is 0. The van der Waals surface area contributed by atoms with E-state index in [0.29, 0.717) is 71.0 Å². The van der Waals surface area contributed by atoms with Gasteiger partial charge in [-0.25, -0.2) is 0 Å². The molecule has 0 aliphatic rings. The van der Waals surface area contributed by atoms with Crippen LogP contribution < -0.4 is 20.7 Å². The van der Waals surface area contributed by atoms with Crippen molar-refractivity contribution in [2.45, 2.75) is 247 Å². The van der Waals surface area contributed by atoms with Crippen molar-refractivity contribution in [3.8, 4) is 0 Å². The van der Waals surface area contributed by atoms with Gasteiger partial charge in [0, 0.05) is 0 Å². The minimum absolute atomic E-state index is 0.230. The fraction of sp³-hybridized carbons (Fsp3) is 0.613. The van der Waals surface area contributed by atoms with E-state index in [1.807, 2.05) is 0 Å². The van der Waals surface area contributed by atoms with Crippen molar-refractivity contribution < 1.29 is 0 Å². The summed E-state index contributed by atoms with van der Waals surface area (Å²) in [6.45, 7) is 59.3. The van der Waals surface area contributed by atoms with E-state index >= 15 is 0 Å². The first-order chi connectivity index (χ1) is 30.1. The molecule has 0 atom stereocenters. The number of hydrogen-bond acceptors (Lipinski definition) is 0. The van der Waals surface area contributed by atoms with E-state index in [4.69, 9.17) is 0 Å². The molecular formula is C62H98Si2Sn. The predicted octanol–water partition coefficient (Wildman–Crippen LogP) is 17.0. The van der Waals surface area contributed by atoms with Crippen LogP contribution in [0.4, 0.5) is 0 Å². The van der Waals surface area contributed by atoms with Crippen LogP contribution in [0.15, 0.2) is 48.5 Å². The van der Waals surface area contributed by atoms with Gasteiger partial charge in [-0.05, 0) is 138 Å². The zero-order chi connectivity index (χ0) is 49.7. The van der Waals surface area contributed by atoms with Crippen molar-refractivity contribution in [2.75, 3.05) is 0 Å². The van der Waals surface area contributed by atoms with Crippen LogP contribution in [0.2, 0.25) is 9.88 Å². The van der Waals surface area contributed by atoms with Crippen LogP contribution in [-0.2, 0) is 0 Å². The molecule has 0 aliphatic carbocycles. The number of hydrogen-bond donors (Lipinski definition) is 0. The van der Waals surface area contributed by atoms with Crippen molar-refractivity contribution in [1.29, 1.82) is 0 Å². The zero-order valence-electron chi connectivity index (χ0n) is 47.0. The van der Waals surface area contributed by atoms with Crippen molar-refractivity contribution in [1.82, 2.24) is 0 Å². The number of benzene rings is 4. The van der Waals surface area contributed by atoms with Crippen molar-refractivity contribution in [2.24, 2.45) is 0 Å². The molecule has 0 saturated heterocycles. The second kappa shape index (κ2) is 24.6. The van der Waals surface area contributed by atoms with Gasteiger partial charge in [0.05, 0.1) is 0 Å². The molecule has 65 heavy (non-hydrogen) atoms. The van der Waals surface area contributed by atoms with Gasteiger partial charge in [0.25, 0.3) is 0 Å². The molecule has 0 heterocycles. The van der Waals surface area contributed by atoms with Gasteiger partial charge in [0.2, 0.25) is 0 Å². The average molecular weight is 1020 g/mol. The molecule has 0 fully saturated rings. The summed E-state index contributed by atoms with van der Waals surface area (Å²) in [5.41, 5.74) is 18.9. The number of rotatable bonds is 17. The van der Waals surface area contributed by atoms with Crippen molar-refractivity contribution in [3.63, 3.8) is 0 Å². The molecule has 0 aromatic heterocycles. The van der Waals surface area contributed by atoms with Crippen LogP contribution in [-0.4, -0.2) is 37.8 Å². The molecule has 0 N–H and O–H groups in total. The normalized spacial score (nSPS) is 12.6. The third kappa shape index (κ3) is 13.3. The Labute approximate surface area is 418 Å². The van der Waals surface area contributed by atoms with E-state index < -0.39 is 16.6 Å². The maximum absolute atomic E-state index is 2.69. The Morgan fingerprint density at radius 3 is 0.415 bits per heavy atom. The molecule has 3 heteroatoms. The van der Waals surface area contributed by atoms with Crippen LogP contribution in [0.5, 0.6) is 0 Å². The predicted molar refractivity (Wildman–Crippen MR) is 302 cm³/mol. The summed E-state index contributed by atoms with van der Waals surface area (Å²) in [6, 6.07) is 21.5. The van der Waals surface area contributed by atoms with E-state index in [0.717, 1.165) is 0 Å². The van der Waals surface area contributed by atoms with Gasteiger partial charge in [-0.2, -0.15) is 0 Å². The van der Waals surface area contributed by atoms with Crippen molar-refractivity contribution >= 4 is 58.5 Å². The molecule has 4 aromatic rings. The van der Waals surface area contributed by atoms with E-state index in [1.165, 1.54) is 22.3 Å². The van der Waals surface area contributed by atoms with E-state index in [1.54, 1.807) is 65.3 Å². The molecule has 358 valence electrons. The second-order valence-corrected chi connectivity index (χ2v) is 32.8. The summed E-state index contributed by atoms with van der Waals surface area (Å²) in [4.78, 5) is 4.59. The quantitative estimate of drug-likeness (QED) is 0.0925. The minimum atomic E-state index is -1.61. The summed E-state index contributed by atoms with van der Waals surface area (Å²) in [6.07, 6.45) is 0. The zero-order valence-corrected chi connectivity index (χ0v) is 51.9. The van der Waals surface area contributed by atoms with E-state index in [9.17, 15) is 0 Å². The van der Waals surface area contributed by atoms with Crippen LogP contribution in [0.3, 0.4) is 0 Å². The Hall–Kier alpha value is -1.89. The standard InChI is InChI=1S/C60H92Si2.2CH3.Sn/c1-33(2)45-25-49(37(9)10)57(50(26-45)38(11)12)61(58-51(39(13)14)27-46(34(3)4)28-52(58)40(15)16)62(59-53(41(17)18)29-47(35(5)6)30-54(59)42(19)20)60-55(43(21)22)31-48(36(7)8)32-56(60)44(23)24;;;/h25-44H,1-24H3;2*1H3;.